The second-order valence-corrected chi connectivity index (χ2v) is 4.42. The smallest absolute Gasteiger partial charge is 0.315 e. The molecule has 0 saturated carbocycles. The number of nitrogens with zero attached hydrogens (tertiary/aromatic N) is 2. The van der Waals surface area contributed by atoms with Gasteiger partial charge >= 0.3 is 6.01 Å². The lowest BCUT2D eigenvalue weighted by atomic mass is 10.1. The fourth-order valence-electron chi connectivity index (χ4n) is 1.29. The molecule has 4 nitrogen and oxygen atoms in total. The molecule has 0 fully saturated rings. The Morgan fingerprint density at radius 3 is 2.75 bits per heavy atom. The third-order valence-electron chi connectivity index (χ3n) is 2.21. The van der Waals surface area contributed by atoms with Crippen molar-refractivity contribution in [2.45, 2.75) is 20.4 Å². The van der Waals surface area contributed by atoms with Gasteiger partial charge in [0.2, 0.25) is 5.89 Å². The van der Waals surface area contributed by atoms with Crippen LogP contribution in [0.3, 0.4) is 0 Å². The molecule has 0 amide bonds. The fourth-order valence-corrected chi connectivity index (χ4v) is 1.72. The maximum absolute atomic E-state index is 5.21. The van der Waals surface area contributed by atoms with E-state index in [2.05, 4.69) is 56.6 Å². The zero-order valence-corrected chi connectivity index (χ0v) is 10.7. The molecule has 84 valence electrons. The molecule has 1 aromatic heterocycles. The number of rotatable bonds is 3. The Kier molecular flexibility index (Phi) is 3.24. The number of aryl methyl sites for hydroxylation is 2. The first-order valence-corrected chi connectivity index (χ1v) is 5.73. The molecule has 0 unspecified atom stereocenters. The van der Waals surface area contributed by atoms with Crippen molar-refractivity contribution in [3.05, 3.63) is 39.7 Å². The summed E-state index contributed by atoms with van der Waals surface area (Å²) in [5, 5.41) is 10.7. The summed E-state index contributed by atoms with van der Waals surface area (Å²) in [5.74, 6) is 0.563. The molecule has 1 heterocycles. The molecule has 0 aliphatic rings. The minimum absolute atomic E-state index is 0.453. The summed E-state index contributed by atoms with van der Waals surface area (Å²) in [4.78, 5) is 0. The van der Waals surface area contributed by atoms with Crippen molar-refractivity contribution >= 4 is 21.9 Å². The van der Waals surface area contributed by atoms with Crippen LogP contribution in [0.2, 0.25) is 0 Å². The van der Waals surface area contributed by atoms with E-state index in [0.29, 0.717) is 18.5 Å². The van der Waals surface area contributed by atoms with Crippen molar-refractivity contribution in [2.24, 2.45) is 0 Å². The van der Waals surface area contributed by atoms with Crippen molar-refractivity contribution in [3.63, 3.8) is 0 Å². The third-order valence-corrected chi connectivity index (χ3v) is 3.06. The SMILES string of the molecule is Cc1nnc(NCc2ccc(C)c(Br)c2)o1. The van der Waals surface area contributed by atoms with Gasteiger partial charge in [-0.05, 0) is 24.1 Å². The van der Waals surface area contributed by atoms with E-state index in [-0.39, 0.29) is 0 Å². The van der Waals surface area contributed by atoms with Gasteiger partial charge in [-0.1, -0.05) is 33.2 Å². The second kappa shape index (κ2) is 4.65. The summed E-state index contributed by atoms with van der Waals surface area (Å²) in [5.41, 5.74) is 2.38. The van der Waals surface area contributed by atoms with E-state index in [1.807, 2.05) is 0 Å². The van der Waals surface area contributed by atoms with Gasteiger partial charge in [0.1, 0.15) is 0 Å². The summed E-state index contributed by atoms with van der Waals surface area (Å²) in [6.45, 7) is 4.49. The Morgan fingerprint density at radius 1 is 1.31 bits per heavy atom. The van der Waals surface area contributed by atoms with Gasteiger partial charge in [0.25, 0.3) is 0 Å². The van der Waals surface area contributed by atoms with E-state index < -0.39 is 0 Å². The normalized spacial score (nSPS) is 10.4. The van der Waals surface area contributed by atoms with Crippen LogP contribution < -0.4 is 5.32 Å². The summed E-state index contributed by atoms with van der Waals surface area (Å²) in [6.07, 6.45) is 0. The third kappa shape index (κ3) is 2.61. The first-order chi connectivity index (χ1) is 7.65. The molecule has 1 N–H and O–H groups in total. The van der Waals surface area contributed by atoms with E-state index >= 15 is 0 Å². The van der Waals surface area contributed by atoms with Crippen LogP contribution in [-0.2, 0) is 6.54 Å². The summed E-state index contributed by atoms with van der Waals surface area (Å²) in [6, 6.07) is 6.66. The monoisotopic (exact) mass is 281 g/mol. The largest absolute Gasteiger partial charge is 0.408 e. The van der Waals surface area contributed by atoms with Crippen molar-refractivity contribution in [1.82, 2.24) is 10.2 Å². The van der Waals surface area contributed by atoms with Crippen molar-refractivity contribution < 1.29 is 4.42 Å². The molecule has 0 atom stereocenters. The van der Waals surface area contributed by atoms with Crippen LogP contribution in [0.1, 0.15) is 17.0 Å². The molecular weight excluding hydrogens is 270 g/mol. The Balaban J connectivity index is 2.02. The molecule has 0 saturated heterocycles. The molecule has 0 radical (unpaired) electrons. The molecule has 0 bridgehead atoms. The highest BCUT2D eigenvalue weighted by molar-refractivity contribution is 9.10. The summed E-state index contributed by atoms with van der Waals surface area (Å²) in [7, 11) is 0. The van der Waals surface area contributed by atoms with Gasteiger partial charge in [-0.25, -0.2) is 0 Å². The molecule has 0 aliphatic heterocycles. The molecule has 16 heavy (non-hydrogen) atoms. The van der Waals surface area contributed by atoms with Gasteiger partial charge in [0.05, 0.1) is 0 Å². The van der Waals surface area contributed by atoms with Gasteiger partial charge in [0.15, 0.2) is 0 Å². The minimum Gasteiger partial charge on any atom is -0.408 e. The van der Waals surface area contributed by atoms with Crippen LogP contribution in [0.4, 0.5) is 6.01 Å². The number of halogens is 1. The van der Waals surface area contributed by atoms with Crippen LogP contribution in [-0.4, -0.2) is 10.2 Å². The Bertz CT molecular complexity index is 496. The predicted octanol–water partition coefficient (Wildman–Crippen LogP) is 3.06. The zero-order chi connectivity index (χ0) is 11.5. The number of hydrogen-bond donors (Lipinski definition) is 1. The van der Waals surface area contributed by atoms with Crippen LogP contribution in [0.25, 0.3) is 0 Å². The summed E-state index contributed by atoms with van der Waals surface area (Å²) < 4.78 is 6.32. The van der Waals surface area contributed by atoms with E-state index in [1.54, 1.807) is 6.92 Å². The summed E-state index contributed by atoms with van der Waals surface area (Å²) >= 11 is 3.50. The molecule has 2 aromatic rings. The van der Waals surface area contributed by atoms with Crippen molar-refractivity contribution in [1.29, 1.82) is 0 Å². The van der Waals surface area contributed by atoms with E-state index in [1.165, 1.54) is 5.56 Å². The van der Waals surface area contributed by atoms with Gasteiger partial charge < -0.3 is 9.73 Å². The second-order valence-electron chi connectivity index (χ2n) is 3.56. The van der Waals surface area contributed by atoms with Crippen LogP contribution >= 0.6 is 15.9 Å². The molecule has 0 aliphatic carbocycles. The van der Waals surface area contributed by atoms with Crippen molar-refractivity contribution in [3.8, 4) is 0 Å². The quantitative estimate of drug-likeness (QED) is 0.940. The Labute approximate surface area is 102 Å². The fraction of sp³-hybridized carbons (Fsp3) is 0.273. The number of benzene rings is 1. The lowest BCUT2D eigenvalue weighted by molar-refractivity contribution is 0.530. The van der Waals surface area contributed by atoms with Crippen LogP contribution in [0.5, 0.6) is 0 Å². The van der Waals surface area contributed by atoms with E-state index in [4.69, 9.17) is 4.42 Å². The topological polar surface area (TPSA) is 51.0 Å². The van der Waals surface area contributed by atoms with Gasteiger partial charge in [-0.3, -0.25) is 0 Å². The standard InChI is InChI=1S/C11H12BrN3O/c1-7-3-4-9(5-10(7)12)6-13-11-15-14-8(2)16-11/h3-5H,6H2,1-2H3,(H,13,15). The van der Waals surface area contributed by atoms with Crippen LogP contribution in [0.15, 0.2) is 27.1 Å². The molecule has 1 aromatic carbocycles. The highest BCUT2D eigenvalue weighted by Crippen LogP contribution is 2.18. The Hall–Kier alpha value is -1.36. The van der Waals surface area contributed by atoms with Gasteiger partial charge in [-0.2, -0.15) is 0 Å². The lowest BCUT2D eigenvalue weighted by Gasteiger charge is -2.04. The minimum atomic E-state index is 0.453. The first-order valence-electron chi connectivity index (χ1n) is 4.94. The zero-order valence-electron chi connectivity index (χ0n) is 9.12. The number of hydrogen-bond acceptors (Lipinski definition) is 4. The van der Waals surface area contributed by atoms with Crippen LogP contribution in [0, 0.1) is 13.8 Å². The van der Waals surface area contributed by atoms with Gasteiger partial charge in [-0.15, -0.1) is 5.10 Å². The maximum atomic E-state index is 5.21. The predicted molar refractivity (Wildman–Crippen MR) is 65.2 cm³/mol. The molecular formula is C11H12BrN3O. The first kappa shape index (κ1) is 11.1. The highest BCUT2D eigenvalue weighted by Gasteiger charge is 2.02. The van der Waals surface area contributed by atoms with E-state index in [0.717, 1.165) is 10.0 Å². The van der Waals surface area contributed by atoms with Crippen molar-refractivity contribution in [2.75, 3.05) is 5.32 Å². The molecule has 5 heteroatoms. The maximum Gasteiger partial charge on any atom is 0.315 e. The number of nitrogens with one attached hydrogen (secondary N) is 1. The van der Waals surface area contributed by atoms with Gasteiger partial charge in [0, 0.05) is 17.9 Å². The Morgan fingerprint density at radius 2 is 2.12 bits per heavy atom. The average Bonchev–Trinajstić information content (AvgIpc) is 2.66. The number of aromatic nitrogens is 2. The lowest BCUT2D eigenvalue weighted by Crippen LogP contribution is -1.99. The molecule has 2 rings (SSSR count). The average molecular weight is 282 g/mol. The highest BCUT2D eigenvalue weighted by atomic mass is 79.9. The molecule has 0 spiro atoms. The van der Waals surface area contributed by atoms with E-state index in [9.17, 15) is 0 Å². The number of anilines is 1.